The van der Waals surface area contributed by atoms with E-state index in [2.05, 4.69) is 10.1 Å². The molecule has 1 aromatic heterocycles. The maximum absolute atomic E-state index is 12.3. The van der Waals surface area contributed by atoms with Crippen molar-refractivity contribution >= 4 is 23.2 Å². The predicted molar refractivity (Wildman–Crippen MR) is 95.1 cm³/mol. The van der Waals surface area contributed by atoms with E-state index < -0.39 is 12.0 Å². The van der Waals surface area contributed by atoms with E-state index in [-0.39, 0.29) is 42.2 Å². The molecule has 0 amide bonds. The molecule has 0 saturated heterocycles. The molecule has 1 saturated carbocycles. The van der Waals surface area contributed by atoms with Crippen LogP contribution >= 0.6 is 0 Å². The summed E-state index contributed by atoms with van der Waals surface area (Å²) in [5.41, 5.74) is 1.43. The summed E-state index contributed by atoms with van der Waals surface area (Å²) in [7, 11) is 0. The number of aryl methyl sites for hydroxylation is 2. The third-order valence-electron chi connectivity index (χ3n) is 4.90. The number of carboxylic acid groups (broad SMARTS) is 1. The lowest BCUT2D eigenvalue weighted by Gasteiger charge is -2.18. The number of ketones is 2. The number of hydrogen-bond acceptors (Lipinski definition) is 7. The molecule has 144 valence electrons. The van der Waals surface area contributed by atoms with E-state index in [9.17, 15) is 19.5 Å². The number of carboxylic acids is 1. The molecule has 1 fully saturated rings. The highest BCUT2D eigenvalue weighted by atomic mass is 16.5. The lowest BCUT2D eigenvalue weighted by Crippen LogP contribution is -2.25. The first kappa shape index (κ1) is 19.0. The summed E-state index contributed by atoms with van der Waals surface area (Å²) in [6, 6.07) is -0.992. The second-order valence-electron chi connectivity index (χ2n) is 6.89. The van der Waals surface area contributed by atoms with Crippen LogP contribution in [0.5, 0.6) is 0 Å². The van der Waals surface area contributed by atoms with Crippen LogP contribution in [0.2, 0.25) is 0 Å². The monoisotopic (exact) mass is 374 g/mol. The molecule has 8 heteroatoms. The number of rotatable bonds is 5. The molecular weight excluding hydrogens is 352 g/mol. The van der Waals surface area contributed by atoms with Gasteiger partial charge in [-0.2, -0.15) is 0 Å². The number of Topliss-reactive ketones (excluding diaryl/α,β-unsaturated/α-hetero) is 2. The summed E-state index contributed by atoms with van der Waals surface area (Å²) in [4.78, 5) is 39.6. The Morgan fingerprint density at radius 1 is 1.15 bits per heavy atom. The van der Waals surface area contributed by atoms with Gasteiger partial charge in [0.25, 0.3) is 0 Å². The molecule has 1 aromatic rings. The fraction of sp³-hybridized carbons (Fsp3) is 0.526. The fourth-order valence-corrected chi connectivity index (χ4v) is 3.49. The van der Waals surface area contributed by atoms with Crippen LogP contribution in [0.3, 0.4) is 0 Å². The van der Waals surface area contributed by atoms with E-state index in [0.29, 0.717) is 48.4 Å². The Bertz CT molecular complexity index is 848. The van der Waals surface area contributed by atoms with Gasteiger partial charge in [0.2, 0.25) is 0 Å². The number of carbonyl (C=O) groups excluding carboxylic acids is 2. The average Bonchev–Trinajstić information content (AvgIpc) is 3.04. The molecule has 2 aliphatic rings. The highest BCUT2D eigenvalue weighted by molar-refractivity contribution is 6.24. The Morgan fingerprint density at radius 3 is 2.59 bits per heavy atom. The quantitative estimate of drug-likeness (QED) is 0.598. The molecule has 2 N–H and O–H groups in total. The Morgan fingerprint density at radius 2 is 1.85 bits per heavy atom. The molecule has 1 atom stereocenters. The average molecular weight is 374 g/mol. The largest absolute Gasteiger partial charge is 0.511 e. The second kappa shape index (κ2) is 7.85. The number of allylic oxidation sites excluding steroid dienone is 2. The van der Waals surface area contributed by atoms with Gasteiger partial charge in [-0.05, 0) is 26.2 Å². The minimum atomic E-state index is -1.09. The number of nitrogens with zero attached hydrogens (tertiary/aromatic N) is 2. The van der Waals surface area contributed by atoms with E-state index in [1.54, 1.807) is 0 Å². The minimum absolute atomic E-state index is 0.00841. The van der Waals surface area contributed by atoms with Crippen LogP contribution in [0.25, 0.3) is 0 Å². The first-order valence-electron chi connectivity index (χ1n) is 9.14. The molecule has 2 aliphatic carbocycles. The molecule has 0 aromatic carbocycles. The van der Waals surface area contributed by atoms with Crippen LogP contribution in [0.15, 0.2) is 20.8 Å². The molecule has 3 rings (SSSR count). The van der Waals surface area contributed by atoms with Crippen molar-refractivity contribution in [2.75, 3.05) is 0 Å². The van der Waals surface area contributed by atoms with Crippen molar-refractivity contribution in [2.45, 2.75) is 64.3 Å². The van der Waals surface area contributed by atoms with Crippen molar-refractivity contribution < 1.29 is 29.1 Å². The van der Waals surface area contributed by atoms with Crippen LogP contribution in [-0.4, -0.2) is 44.7 Å². The zero-order chi connectivity index (χ0) is 19.6. The van der Waals surface area contributed by atoms with E-state index in [1.807, 2.05) is 0 Å². The highest BCUT2D eigenvalue weighted by Gasteiger charge is 2.29. The fourth-order valence-electron chi connectivity index (χ4n) is 3.49. The Hall–Kier alpha value is -2.77. The maximum atomic E-state index is 12.3. The smallest absolute Gasteiger partial charge is 0.328 e. The topological polar surface area (TPSA) is 130 Å². The van der Waals surface area contributed by atoms with Gasteiger partial charge in [-0.1, -0.05) is 5.16 Å². The number of aliphatic hydroxyl groups excluding tert-OH is 1. The molecule has 0 spiro atoms. The van der Waals surface area contributed by atoms with Gasteiger partial charge in [-0.25, -0.2) is 4.79 Å². The molecule has 1 heterocycles. The maximum Gasteiger partial charge on any atom is 0.328 e. The summed E-state index contributed by atoms with van der Waals surface area (Å²) in [5, 5.41) is 23.5. The number of aliphatic carboxylic acids is 1. The number of aliphatic imine (C=N–C) groups is 1. The summed E-state index contributed by atoms with van der Waals surface area (Å²) < 4.78 is 5.23. The molecular formula is C19H22N2O6. The van der Waals surface area contributed by atoms with Gasteiger partial charge < -0.3 is 14.7 Å². The van der Waals surface area contributed by atoms with Crippen molar-refractivity contribution in [3.8, 4) is 0 Å². The molecule has 1 unspecified atom stereocenters. The number of hydrogen-bond donors (Lipinski definition) is 2. The molecule has 8 nitrogen and oxygen atoms in total. The van der Waals surface area contributed by atoms with Crippen molar-refractivity contribution in [1.82, 2.24) is 5.16 Å². The van der Waals surface area contributed by atoms with Crippen LogP contribution in [0.1, 0.15) is 67.3 Å². The Labute approximate surface area is 156 Å². The number of carbonyl (C=O) groups is 3. The summed E-state index contributed by atoms with van der Waals surface area (Å²) in [5.74, 6) is -0.901. The minimum Gasteiger partial charge on any atom is -0.511 e. The lowest BCUT2D eigenvalue weighted by molar-refractivity contribution is -0.138. The van der Waals surface area contributed by atoms with Crippen molar-refractivity contribution in [3.63, 3.8) is 0 Å². The van der Waals surface area contributed by atoms with E-state index in [4.69, 9.17) is 9.63 Å². The number of aliphatic hydroxyl groups is 1. The van der Waals surface area contributed by atoms with E-state index in [0.717, 1.165) is 6.42 Å². The summed E-state index contributed by atoms with van der Waals surface area (Å²) in [6.07, 6.45) is 3.54. The third kappa shape index (κ3) is 3.99. The normalized spacial score (nSPS) is 21.9. The van der Waals surface area contributed by atoms with Gasteiger partial charge in [0.05, 0.1) is 22.5 Å². The van der Waals surface area contributed by atoms with Gasteiger partial charge in [0, 0.05) is 32.1 Å². The van der Waals surface area contributed by atoms with Crippen molar-refractivity contribution in [1.29, 1.82) is 0 Å². The number of aromatic nitrogens is 1. The van der Waals surface area contributed by atoms with E-state index in [1.165, 1.54) is 6.92 Å². The number of fused-ring (bicyclic) bond motifs is 1. The van der Waals surface area contributed by atoms with Crippen molar-refractivity contribution in [3.05, 3.63) is 28.3 Å². The second-order valence-corrected chi connectivity index (χ2v) is 6.89. The van der Waals surface area contributed by atoms with Gasteiger partial charge in [0.1, 0.15) is 17.6 Å². The zero-order valence-electron chi connectivity index (χ0n) is 15.2. The SMILES string of the molecule is CC(N=C1CCCC(=O)/C1=C(/O)CCc1noc2c1C(=O)CCC2)C(=O)O. The lowest BCUT2D eigenvalue weighted by atomic mass is 9.88. The first-order chi connectivity index (χ1) is 12.9. The van der Waals surface area contributed by atoms with Gasteiger partial charge in [-0.3, -0.25) is 14.6 Å². The molecule has 27 heavy (non-hydrogen) atoms. The van der Waals surface area contributed by atoms with E-state index >= 15 is 0 Å². The van der Waals surface area contributed by atoms with Gasteiger partial charge >= 0.3 is 5.97 Å². The standard InChI is InChI=1S/C19H22N2O6/c1-10(19(25)26)20-11-4-2-5-13(22)17(11)15(24)9-8-12-18-14(23)6-3-7-16(18)27-21-12/h10,24H,2-9H2,1H3,(H,25,26)/b17-15+,20-11?. The first-order valence-corrected chi connectivity index (χ1v) is 9.14. The van der Waals surface area contributed by atoms with Crippen LogP contribution in [-0.2, 0) is 22.4 Å². The van der Waals surface area contributed by atoms with Crippen molar-refractivity contribution in [2.24, 2.45) is 4.99 Å². The molecule has 0 aliphatic heterocycles. The van der Waals surface area contributed by atoms with Gasteiger partial charge in [0.15, 0.2) is 11.6 Å². The highest BCUT2D eigenvalue weighted by Crippen LogP contribution is 2.27. The molecule has 0 bridgehead atoms. The summed E-state index contributed by atoms with van der Waals surface area (Å²) >= 11 is 0. The third-order valence-corrected chi connectivity index (χ3v) is 4.90. The Balaban J connectivity index is 1.83. The molecule has 0 radical (unpaired) electrons. The predicted octanol–water partition coefficient (Wildman–Crippen LogP) is 2.61. The zero-order valence-corrected chi connectivity index (χ0v) is 15.2. The van der Waals surface area contributed by atoms with Crippen LogP contribution in [0, 0.1) is 0 Å². The Kier molecular flexibility index (Phi) is 5.53. The summed E-state index contributed by atoms with van der Waals surface area (Å²) in [6.45, 7) is 1.43. The van der Waals surface area contributed by atoms with Gasteiger partial charge in [-0.15, -0.1) is 0 Å². The van der Waals surface area contributed by atoms with Crippen LogP contribution in [0.4, 0.5) is 0 Å². The van der Waals surface area contributed by atoms with Crippen LogP contribution < -0.4 is 0 Å².